The van der Waals surface area contributed by atoms with Gasteiger partial charge in [-0.25, -0.2) is 8.42 Å². The van der Waals surface area contributed by atoms with Crippen molar-refractivity contribution in [1.82, 2.24) is 0 Å². The van der Waals surface area contributed by atoms with E-state index in [1.165, 1.54) is 4.31 Å². The zero-order chi connectivity index (χ0) is 15.5. The summed E-state index contributed by atoms with van der Waals surface area (Å²) in [6.07, 6.45) is 0. The summed E-state index contributed by atoms with van der Waals surface area (Å²) in [5, 5.41) is 0. The molecule has 0 bridgehead atoms. The predicted molar refractivity (Wildman–Crippen MR) is 87.7 cm³/mol. The number of para-hydroxylation sites is 1. The molecule has 0 aliphatic heterocycles. The highest BCUT2D eigenvalue weighted by molar-refractivity contribution is 7.92. The summed E-state index contributed by atoms with van der Waals surface area (Å²) in [5.74, 6) is -0.0958. The van der Waals surface area contributed by atoms with E-state index in [4.69, 9.17) is 5.73 Å². The first-order valence-electron chi connectivity index (χ1n) is 6.84. The van der Waals surface area contributed by atoms with Crippen LogP contribution in [-0.2, 0) is 15.8 Å². The van der Waals surface area contributed by atoms with E-state index in [-0.39, 0.29) is 5.75 Å². The second kappa shape index (κ2) is 6.18. The van der Waals surface area contributed by atoms with Crippen LogP contribution < -0.4 is 10.0 Å². The Labute approximate surface area is 126 Å². The zero-order valence-corrected chi connectivity index (χ0v) is 13.1. The molecule has 0 aliphatic carbocycles. The molecule has 0 aromatic heterocycles. The number of nitrogens with zero attached hydrogens (tertiary/aromatic N) is 1. The van der Waals surface area contributed by atoms with Crippen molar-refractivity contribution in [2.24, 2.45) is 0 Å². The molecule has 2 rings (SSSR count). The Balaban J connectivity index is 2.35. The molecule has 2 aromatic carbocycles. The van der Waals surface area contributed by atoms with Gasteiger partial charge in [0, 0.05) is 12.2 Å². The average molecular weight is 304 g/mol. The number of hydrogen-bond donors (Lipinski definition) is 1. The molecule has 0 heterocycles. The fourth-order valence-corrected chi connectivity index (χ4v) is 3.90. The number of benzene rings is 2. The third-order valence-electron chi connectivity index (χ3n) is 3.31. The van der Waals surface area contributed by atoms with Crippen LogP contribution in [0.25, 0.3) is 0 Å². The summed E-state index contributed by atoms with van der Waals surface area (Å²) in [5.41, 5.74) is 8.69. The van der Waals surface area contributed by atoms with E-state index in [0.29, 0.717) is 23.5 Å². The first-order chi connectivity index (χ1) is 9.94. The summed E-state index contributed by atoms with van der Waals surface area (Å²) >= 11 is 0. The molecule has 0 spiro atoms. The van der Waals surface area contributed by atoms with Gasteiger partial charge in [-0.05, 0) is 43.2 Å². The summed E-state index contributed by atoms with van der Waals surface area (Å²) in [7, 11) is -3.46. The second-order valence-electron chi connectivity index (χ2n) is 4.96. The largest absolute Gasteiger partial charge is 0.398 e. The van der Waals surface area contributed by atoms with E-state index in [0.717, 1.165) is 5.56 Å². The smallest absolute Gasteiger partial charge is 0.239 e. The van der Waals surface area contributed by atoms with Gasteiger partial charge in [0.05, 0.1) is 11.4 Å². The predicted octanol–water partition coefficient (Wildman–Crippen LogP) is 2.93. The number of nitrogen functional groups attached to an aromatic ring is 1. The molecule has 0 amide bonds. The number of rotatable bonds is 5. The fraction of sp³-hybridized carbons (Fsp3) is 0.250. The van der Waals surface area contributed by atoms with Gasteiger partial charge in [-0.1, -0.05) is 30.3 Å². The minimum Gasteiger partial charge on any atom is -0.398 e. The van der Waals surface area contributed by atoms with Crippen LogP contribution in [-0.4, -0.2) is 15.0 Å². The molecular formula is C16H20N2O2S. The second-order valence-corrected chi connectivity index (χ2v) is 6.85. The van der Waals surface area contributed by atoms with Crippen molar-refractivity contribution in [3.63, 3.8) is 0 Å². The first-order valence-corrected chi connectivity index (χ1v) is 8.45. The quantitative estimate of drug-likeness (QED) is 0.864. The van der Waals surface area contributed by atoms with Crippen molar-refractivity contribution in [1.29, 1.82) is 0 Å². The zero-order valence-electron chi connectivity index (χ0n) is 12.3. The topological polar surface area (TPSA) is 63.4 Å². The highest BCUT2D eigenvalue weighted by Gasteiger charge is 2.22. The van der Waals surface area contributed by atoms with Crippen LogP contribution in [0.15, 0.2) is 48.5 Å². The van der Waals surface area contributed by atoms with Gasteiger partial charge in [-0.3, -0.25) is 4.31 Å². The number of anilines is 2. The molecule has 0 fully saturated rings. The Morgan fingerprint density at radius 2 is 1.81 bits per heavy atom. The lowest BCUT2D eigenvalue weighted by molar-refractivity contribution is 0.591. The number of nitrogens with two attached hydrogens (primary N) is 1. The maximum Gasteiger partial charge on any atom is 0.239 e. The van der Waals surface area contributed by atoms with Crippen molar-refractivity contribution in [2.75, 3.05) is 16.6 Å². The number of aryl methyl sites for hydroxylation is 1. The van der Waals surface area contributed by atoms with E-state index in [2.05, 4.69) is 0 Å². The van der Waals surface area contributed by atoms with Crippen LogP contribution in [0.3, 0.4) is 0 Å². The van der Waals surface area contributed by atoms with Gasteiger partial charge in [0.2, 0.25) is 10.0 Å². The molecule has 21 heavy (non-hydrogen) atoms. The molecule has 0 radical (unpaired) electrons. The van der Waals surface area contributed by atoms with Crippen molar-refractivity contribution < 1.29 is 8.42 Å². The van der Waals surface area contributed by atoms with Crippen LogP contribution in [0, 0.1) is 6.92 Å². The lowest BCUT2D eigenvalue weighted by Gasteiger charge is -2.23. The standard InChI is InChI=1S/C16H20N2O2S/c1-3-18(15-9-6-7-13(2)11-15)21(19,20)12-14-8-4-5-10-16(14)17/h4-11H,3,12,17H2,1-2H3. The lowest BCUT2D eigenvalue weighted by Crippen LogP contribution is -2.32. The van der Waals surface area contributed by atoms with E-state index in [1.807, 2.05) is 38.1 Å². The summed E-state index contributed by atoms with van der Waals surface area (Å²) in [6.45, 7) is 4.16. The van der Waals surface area contributed by atoms with Gasteiger partial charge in [0.1, 0.15) is 0 Å². The Hall–Kier alpha value is -2.01. The Morgan fingerprint density at radius 3 is 2.43 bits per heavy atom. The summed E-state index contributed by atoms with van der Waals surface area (Å²) < 4.78 is 26.8. The summed E-state index contributed by atoms with van der Waals surface area (Å²) in [4.78, 5) is 0. The van der Waals surface area contributed by atoms with Crippen LogP contribution in [0.5, 0.6) is 0 Å². The summed E-state index contributed by atoms with van der Waals surface area (Å²) in [6, 6.07) is 14.5. The normalized spacial score (nSPS) is 11.3. The molecule has 4 nitrogen and oxygen atoms in total. The van der Waals surface area contributed by atoms with E-state index in [9.17, 15) is 8.42 Å². The number of hydrogen-bond acceptors (Lipinski definition) is 3. The first kappa shape index (κ1) is 15.4. The highest BCUT2D eigenvalue weighted by Crippen LogP contribution is 2.23. The van der Waals surface area contributed by atoms with Gasteiger partial charge < -0.3 is 5.73 Å². The van der Waals surface area contributed by atoms with Crippen molar-refractivity contribution >= 4 is 21.4 Å². The lowest BCUT2D eigenvalue weighted by atomic mass is 10.2. The molecule has 0 atom stereocenters. The van der Waals surface area contributed by atoms with Gasteiger partial charge in [-0.2, -0.15) is 0 Å². The van der Waals surface area contributed by atoms with E-state index < -0.39 is 10.0 Å². The van der Waals surface area contributed by atoms with Crippen LogP contribution in [0.1, 0.15) is 18.1 Å². The number of sulfonamides is 1. The molecule has 0 saturated carbocycles. The van der Waals surface area contributed by atoms with Crippen LogP contribution >= 0.6 is 0 Å². The van der Waals surface area contributed by atoms with Gasteiger partial charge in [0.25, 0.3) is 0 Å². The SMILES string of the molecule is CCN(c1cccc(C)c1)S(=O)(=O)Cc1ccccc1N. The van der Waals surface area contributed by atoms with Crippen LogP contribution in [0.2, 0.25) is 0 Å². The highest BCUT2D eigenvalue weighted by atomic mass is 32.2. The average Bonchev–Trinajstić information content (AvgIpc) is 2.42. The van der Waals surface area contributed by atoms with Gasteiger partial charge in [0.15, 0.2) is 0 Å². The van der Waals surface area contributed by atoms with Gasteiger partial charge >= 0.3 is 0 Å². The van der Waals surface area contributed by atoms with Crippen LogP contribution in [0.4, 0.5) is 11.4 Å². The van der Waals surface area contributed by atoms with Gasteiger partial charge in [-0.15, -0.1) is 0 Å². The van der Waals surface area contributed by atoms with Crippen molar-refractivity contribution in [3.05, 3.63) is 59.7 Å². The van der Waals surface area contributed by atoms with E-state index in [1.54, 1.807) is 24.3 Å². The minimum absolute atomic E-state index is 0.0958. The molecule has 0 aliphatic rings. The molecule has 5 heteroatoms. The Kier molecular flexibility index (Phi) is 4.53. The maximum atomic E-state index is 12.7. The maximum absolute atomic E-state index is 12.7. The minimum atomic E-state index is -3.46. The molecule has 2 aromatic rings. The molecule has 112 valence electrons. The van der Waals surface area contributed by atoms with Crippen molar-refractivity contribution in [2.45, 2.75) is 19.6 Å². The fourth-order valence-electron chi connectivity index (χ4n) is 2.26. The molecule has 0 saturated heterocycles. The Bertz CT molecular complexity index is 727. The Morgan fingerprint density at radius 1 is 1.10 bits per heavy atom. The van der Waals surface area contributed by atoms with E-state index >= 15 is 0 Å². The third-order valence-corrected chi connectivity index (χ3v) is 5.12. The molecule has 2 N–H and O–H groups in total. The molecule has 0 unspecified atom stereocenters. The monoisotopic (exact) mass is 304 g/mol. The molecular weight excluding hydrogens is 284 g/mol. The van der Waals surface area contributed by atoms with Crippen molar-refractivity contribution in [3.8, 4) is 0 Å². The third kappa shape index (κ3) is 3.55.